The van der Waals surface area contributed by atoms with Gasteiger partial charge in [0.2, 0.25) is 5.78 Å². The van der Waals surface area contributed by atoms with Crippen molar-refractivity contribution < 1.29 is 14.5 Å². The third-order valence-electron chi connectivity index (χ3n) is 4.12. The van der Waals surface area contributed by atoms with E-state index in [1.54, 1.807) is 19.1 Å². The van der Waals surface area contributed by atoms with Gasteiger partial charge >= 0.3 is 5.69 Å². The van der Waals surface area contributed by atoms with E-state index in [1.807, 2.05) is 18.2 Å². The molecule has 23 heavy (non-hydrogen) atoms. The van der Waals surface area contributed by atoms with Gasteiger partial charge in [-0.15, -0.1) is 0 Å². The number of nitro benzene ring substituents is 1. The Kier molecular flexibility index (Phi) is 4.10. The molecular formula is C18H17NO4. The molecule has 0 saturated carbocycles. The quantitative estimate of drug-likeness (QED) is 0.479. The highest BCUT2D eigenvalue weighted by Gasteiger charge is 2.23. The van der Waals surface area contributed by atoms with Gasteiger partial charge in [0, 0.05) is 11.6 Å². The summed E-state index contributed by atoms with van der Waals surface area (Å²) < 4.78 is 5.55. The minimum absolute atomic E-state index is 0.111. The van der Waals surface area contributed by atoms with Crippen molar-refractivity contribution in [3.8, 4) is 5.75 Å². The van der Waals surface area contributed by atoms with E-state index in [1.165, 1.54) is 23.3 Å². The Labute approximate surface area is 134 Å². The summed E-state index contributed by atoms with van der Waals surface area (Å²) in [6.07, 6.45) is 2.40. The summed E-state index contributed by atoms with van der Waals surface area (Å²) in [6, 6.07) is 11.8. The number of nitro groups is 1. The van der Waals surface area contributed by atoms with Crippen LogP contribution >= 0.6 is 0 Å². The summed E-state index contributed by atoms with van der Waals surface area (Å²) in [5.41, 5.74) is 2.97. The first kappa shape index (κ1) is 15.2. The van der Waals surface area contributed by atoms with E-state index in [-0.39, 0.29) is 17.2 Å². The van der Waals surface area contributed by atoms with Gasteiger partial charge in [0.25, 0.3) is 0 Å². The van der Waals surface area contributed by atoms with Crippen LogP contribution in [0.4, 0.5) is 5.69 Å². The predicted molar refractivity (Wildman–Crippen MR) is 86.0 cm³/mol. The Hall–Kier alpha value is -2.69. The fourth-order valence-electron chi connectivity index (χ4n) is 2.91. The molecule has 118 valence electrons. The van der Waals surface area contributed by atoms with Gasteiger partial charge in [-0.05, 0) is 49.4 Å². The maximum absolute atomic E-state index is 12.5. The minimum Gasteiger partial charge on any atom is -0.475 e. The average Bonchev–Trinajstić information content (AvgIpc) is 3.01. The number of fused-ring (bicyclic) bond motifs is 1. The highest BCUT2D eigenvalue weighted by atomic mass is 16.6. The number of hydrogen-bond acceptors (Lipinski definition) is 4. The first-order valence-electron chi connectivity index (χ1n) is 7.62. The molecule has 5 nitrogen and oxygen atoms in total. The van der Waals surface area contributed by atoms with Crippen LogP contribution in [0.25, 0.3) is 0 Å². The maximum atomic E-state index is 12.5. The van der Waals surface area contributed by atoms with Gasteiger partial charge in [-0.3, -0.25) is 14.9 Å². The molecule has 3 rings (SSSR count). The van der Waals surface area contributed by atoms with E-state index in [0.717, 1.165) is 19.3 Å². The number of rotatable bonds is 5. The molecule has 1 atom stereocenters. The van der Waals surface area contributed by atoms with Gasteiger partial charge < -0.3 is 4.74 Å². The molecular weight excluding hydrogens is 294 g/mol. The van der Waals surface area contributed by atoms with Crippen LogP contribution < -0.4 is 4.74 Å². The van der Waals surface area contributed by atoms with Crippen LogP contribution in [0.1, 0.15) is 34.8 Å². The first-order valence-corrected chi connectivity index (χ1v) is 7.62. The highest BCUT2D eigenvalue weighted by Crippen LogP contribution is 2.28. The Morgan fingerprint density at radius 3 is 2.70 bits per heavy atom. The highest BCUT2D eigenvalue weighted by molar-refractivity contribution is 5.99. The van der Waals surface area contributed by atoms with E-state index in [4.69, 9.17) is 4.74 Å². The molecule has 5 heteroatoms. The van der Waals surface area contributed by atoms with Gasteiger partial charge in [0.1, 0.15) is 0 Å². The number of Topliss-reactive ketones (excluding diaryl/α,β-unsaturated/α-hetero) is 1. The van der Waals surface area contributed by atoms with E-state index in [0.29, 0.717) is 5.56 Å². The zero-order valence-electron chi connectivity index (χ0n) is 12.8. The number of ether oxygens (including phenoxy) is 1. The molecule has 0 unspecified atom stereocenters. The molecule has 1 aliphatic rings. The van der Waals surface area contributed by atoms with Crippen LogP contribution in [-0.4, -0.2) is 16.8 Å². The predicted octanol–water partition coefficient (Wildman–Crippen LogP) is 3.73. The number of carbonyl (C=O) groups is 1. The van der Waals surface area contributed by atoms with Crippen LogP contribution in [0.5, 0.6) is 5.75 Å². The largest absolute Gasteiger partial charge is 0.475 e. The lowest BCUT2D eigenvalue weighted by atomic mass is 10.0. The zero-order valence-corrected chi connectivity index (χ0v) is 12.8. The molecule has 2 aromatic rings. The second-order valence-electron chi connectivity index (χ2n) is 5.69. The number of hydrogen-bond donors (Lipinski definition) is 0. The first-order chi connectivity index (χ1) is 11.1. The van der Waals surface area contributed by atoms with E-state index < -0.39 is 11.0 Å². The van der Waals surface area contributed by atoms with Crippen LogP contribution in [-0.2, 0) is 12.8 Å². The summed E-state index contributed by atoms with van der Waals surface area (Å²) in [5, 5.41) is 11.0. The average molecular weight is 311 g/mol. The number of ketones is 1. The number of aryl methyl sites for hydroxylation is 2. The third kappa shape index (κ3) is 3.08. The van der Waals surface area contributed by atoms with E-state index in [9.17, 15) is 14.9 Å². The van der Waals surface area contributed by atoms with Crippen molar-refractivity contribution in [3.05, 3.63) is 69.3 Å². The van der Waals surface area contributed by atoms with E-state index >= 15 is 0 Å². The number of carbonyl (C=O) groups excluding carboxylic acids is 1. The molecule has 0 saturated heterocycles. The molecule has 0 amide bonds. The molecule has 1 aliphatic carbocycles. The van der Waals surface area contributed by atoms with Gasteiger partial charge in [0.15, 0.2) is 11.9 Å². The minimum atomic E-state index is -0.782. The number of nitrogens with zero attached hydrogens (tertiary/aromatic N) is 1. The monoisotopic (exact) mass is 311 g/mol. The number of benzene rings is 2. The fraction of sp³-hybridized carbons (Fsp3) is 0.278. The zero-order chi connectivity index (χ0) is 16.4. The number of para-hydroxylation sites is 2. The lowest BCUT2D eigenvalue weighted by Gasteiger charge is -2.14. The third-order valence-corrected chi connectivity index (χ3v) is 4.12. The summed E-state index contributed by atoms with van der Waals surface area (Å²) in [7, 11) is 0. The van der Waals surface area contributed by atoms with Crippen LogP contribution in [0.3, 0.4) is 0 Å². The Bertz CT molecular complexity index is 769. The van der Waals surface area contributed by atoms with Crippen molar-refractivity contribution >= 4 is 11.5 Å². The van der Waals surface area contributed by atoms with Gasteiger partial charge in [0.05, 0.1) is 4.92 Å². The lowest BCUT2D eigenvalue weighted by Crippen LogP contribution is -2.24. The maximum Gasteiger partial charge on any atom is 0.310 e. The Morgan fingerprint density at radius 1 is 1.17 bits per heavy atom. The summed E-state index contributed by atoms with van der Waals surface area (Å²) >= 11 is 0. The topological polar surface area (TPSA) is 69.4 Å². The second kappa shape index (κ2) is 6.20. The van der Waals surface area contributed by atoms with Crippen LogP contribution in [0.2, 0.25) is 0 Å². The molecule has 2 aromatic carbocycles. The van der Waals surface area contributed by atoms with Gasteiger partial charge in [-0.2, -0.15) is 0 Å². The van der Waals surface area contributed by atoms with Crippen LogP contribution in [0, 0.1) is 10.1 Å². The van der Waals surface area contributed by atoms with Crippen molar-refractivity contribution in [2.75, 3.05) is 0 Å². The smallest absolute Gasteiger partial charge is 0.310 e. The van der Waals surface area contributed by atoms with Crippen molar-refractivity contribution in [3.63, 3.8) is 0 Å². The molecule has 0 spiro atoms. The van der Waals surface area contributed by atoms with Crippen molar-refractivity contribution in [2.24, 2.45) is 0 Å². The molecule has 0 fully saturated rings. The Balaban J connectivity index is 1.79. The Morgan fingerprint density at radius 2 is 1.91 bits per heavy atom. The molecule has 0 radical (unpaired) electrons. The SMILES string of the molecule is C[C@H](Oc1ccccc1[N+](=O)[O-])C(=O)c1ccc2c(c1)CCC2. The molecule has 0 bridgehead atoms. The summed E-state index contributed by atoms with van der Waals surface area (Å²) in [5.74, 6) is -0.0580. The molecule has 0 aliphatic heterocycles. The molecule has 0 N–H and O–H groups in total. The van der Waals surface area contributed by atoms with Crippen molar-refractivity contribution in [1.82, 2.24) is 0 Å². The second-order valence-corrected chi connectivity index (χ2v) is 5.69. The van der Waals surface area contributed by atoms with Crippen molar-refractivity contribution in [1.29, 1.82) is 0 Å². The lowest BCUT2D eigenvalue weighted by molar-refractivity contribution is -0.386. The van der Waals surface area contributed by atoms with Gasteiger partial charge in [-0.1, -0.05) is 24.3 Å². The van der Waals surface area contributed by atoms with E-state index in [2.05, 4.69) is 0 Å². The normalized spacial score (nSPS) is 14.1. The summed E-state index contributed by atoms with van der Waals surface area (Å²) in [6.45, 7) is 1.62. The van der Waals surface area contributed by atoms with Crippen molar-refractivity contribution in [2.45, 2.75) is 32.3 Å². The van der Waals surface area contributed by atoms with Gasteiger partial charge in [-0.25, -0.2) is 0 Å². The molecule has 0 aromatic heterocycles. The standard InChI is InChI=1S/C18H17NO4/c1-12(23-17-8-3-2-7-16(17)19(21)22)18(20)15-10-9-13-5-4-6-14(13)11-15/h2-3,7-12H,4-6H2,1H3/t12-/m0/s1. The van der Waals surface area contributed by atoms with Crippen LogP contribution in [0.15, 0.2) is 42.5 Å². The summed E-state index contributed by atoms with van der Waals surface area (Å²) in [4.78, 5) is 23.0. The molecule has 0 heterocycles. The fourth-order valence-corrected chi connectivity index (χ4v) is 2.91.